The molecule has 4 rings (SSSR count). The first-order valence-corrected chi connectivity index (χ1v) is 8.24. The summed E-state index contributed by atoms with van der Waals surface area (Å²) < 4.78 is 2.58. The molecule has 9 heteroatoms. The van der Waals surface area contributed by atoms with Crippen molar-refractivity contribution in [3.8, 4) is 0 Å². The Morgan fingerprint density at radius 2 is 2.08 bits per heavy atom. The Labute approximate surface area is 147 Å². The van der Waals surface area contributed by atoms with Crippen molar-refractivity contribution >= 4 is 28.8 Å². The number of rotatable bonds is 3. The summed E-state index contributed by atoms with van der Waals surface area (Å²) >= 11 is 0. The fourth-order valence-corrected chi connectivity index (χ4v) is 3.46. The van der Waals surface area contributed by atoms with Gasteiger partial charge in [0.05, 0.1) is 0 Å². The predicted molar refractivity (Wildman–Crippen MR) is 95.0 cm³/mol. The number of carboxylic acid groups (broad SMARTS) is 1. The van der Waals surface area contributed by atoms with Gasteiger partial charge in [0, 0.05) is 19.3 Å². The number of nitrogens with zero attached hydrogens (tertiary/aromatic N) is 4. The predicted octanol–water partition coefficient (Wildman–Crippen LogP) is 0.592. The number of nitrogens with one attached hydrogen (secondary N) is 1. The number of para-hydroxylation sites is 1. The summed E-state index contributed by atoms with van der Waals surface area (Å²) in [4.78, 5) is 44.3. The summed E-state index contributed by atoms with van der Waals surface area (Å²) in [5.74, 6) is -0.745. The van der Waals surface area contributed by atoms with Crippen molar-refractivity contribution in [1.82, 2.24) is 19.1 Å². The molecule has 0 amide bonds. The van der Waals surface area contributed by atoms with Gasteiger partial charge in [0.1, 0.15) is 6.54 Å². The van der Waals surface area contributed by atoms with Crippen LogP contribution in [0.3, 0.4) is 0 Å². The van der Waals surface area contributed by atoms with Crippen LogP contribution < -0.4 is 16.1 Å². The summed E-state index contributed by atoms with van der Waals surface area (Å²) in [6.07, 6.45) is 1.80. The number of carboxylic acids is 1. The number of aliphatic carboxylic acids is 1. The number of aromatic amines is 1. The van der Waals surface area contributed by atoms with Gasteiger partial charge in [-0.05, 0) is 24.5 Å². The Kier molecular flexibility index (Phi) is 3.64. The summed E-state index contributed by atoms with van der Waals surface area (Å²) in [7, 11) is 1.49. The van der Waals surface area contributed by atoms with Gasteiger partial charge in [-0.1, -0.05) is 18.2 Å². The van der Waals surface area contributed by atoms with Crippen molar-refractivity contribution in [2.45, 2.75) is 19.4 Å². The van der Waals surface area contributed by atoms with Gasteiger partial charge < -0.3 is 10.0 Å². The van der Waals surface area contributed by atoms with Gasteiger partial charge in [-0.15, -0.1) is 0 Å². The molecule has 1 aromatic carbocycles. The number of benzene rings is 1. The van der Waals surface area contributed by atoms with E-state index in [-0.39, 0.29) is 11.2 Å². The molecule has 0 fully saturated rings. The maximum atomic E-state index is 12.4. The highest BCUT2D eigenvalue weighted by molar-refractivity contribution is 5.80. The van der Waals surface area contributed by atoms with Crippen molar-refractivity contribution in [1.29, 1.82) is 0 Å². The molecule has 3 aromatic rings. The Morgan fingerprint density at radius 1 is 1.31 bits per heavy atom. The minimum Gasteiger partial charge on any atom is -0.480 e. The Hall–Kier alpha value is -3.36. The van der Waals surface area contributed by atoms with E-state index in [0.29, 0.717) is 12.5 Å². The molecule has 2 aromatic heterocycles. The monoisotopic (exact) mass is 355 g/mol. The number of fused-ring (bicyclic) bond motifs is 2. The molecule has 0 saturated heterocycles. The molecule has 0 bridgehead atoms. The zero-order valence-corrected chi connectivity index (χ0v) is 14.1. The van der Waals surface area contributed by atoms with Crippen LogP contribution in [0.1, 0.15) is 12.0 Å². The number of hydrogen-bond acceptors (Lipinski definition) is 5. The van der Waals surface area contributed by atoms with Crippen molar-refractivity contribution in [2.24, 2.45) is 7.05 Å². The summed E-state index contributed by atoms with van der Waals surface area (Å²) in [6.45, 7) is 0.220. The number of aromatic nitrogens is 4. The molecule has 0 radical (unpaired) electrons. The van der Waals surface area contributed by atoms with Crippen molar-refractivity contribution in [2.75, 3.05) is 11.4 Å². The molecule has 9 nitrogen and oxygen atoms in total. The van der Waals surface area contributed by atoms with E-state index in [1.807, 2.05) is 29.2 Å². The number of anilines is 2. The third-order valence-electron chi connectivity index (χ3n) is 4.63. The Morgan fingerprint density at radius 3 is 2.85 bits per heavy atom. The van der Waals surface area contributed by atoms with Gasteiger partial charge >= 0.3 is 11.7 Å². The first-order valence-electron chi connectivity index (χ1n) is 8.24. The molecule has 2 N–H and O–H groups in total. The molecule has 0 aliphatic carbocycles. The number of aryl methyl sites for hydroxylation is 2. The van der Waals surface area contributed by atoms with Gasteiger partial charge in [-0.2, -0.15) is 4.98 Å². The number of hydrogen-bond donors (Lipinski definition) is 2. The van der Waals surface area contributed by atoms with E-state index in [2.05, 4.69) is 9.97 Å². The topological polar surface area (TPSA) is 113 Å². The van der Waals surface area contributed by atoms with Gasteiger partial charge in [0.25, 0.3) is 5.56 Å². The minimum absolute atomic E-state index is 0.0764. The van der Waals surface area contributed by atoms with Crippen LogP contribution in [0, 0.1) is 0 Å². The zero-order chi connectivity index (χ0) is 18.4. The average Bonchev–Trinajstić information content (AvgIpc) is 2.98. The molecule has 0 unspecified atom stereocenters. The van der Waals surface area contributed by atoms with Gasteiger partial charge in [-0.25, -0.2) is 4.79 Å². The largest absolute Gasteiger partial charge is 0.480 e. The lowest BCUT2D eigenvalue weighted by Crippen LogP contribution is -2.30. The highest BCUT2D eigenvalue weighted by Crippen LogP contribution is 2.33. The van der Waals surface area contributed by atoms with Crippen molar-refractivity contribution in [3.63, 3.8) is 0 Å². The molecule has 1 aliphatic heterocycles. The second kappa shape index (κ2) is 5.87. The van der Waals surface area contributed by atoms with Crippen LogP contribution in [0.15, 0.2) is 33.9 Å². The van der Waals surface area contributed by atoms with Gasteiger partial charge in [0.15, 0.2) is 11.2 Å². The normalized spacial score (nSPS) is 13.8. The molecule has 0 atom stereocenters. The zero-order valence-electron chi connectivity index (χ0n) is 14.1. The van der Waals surface area contributed by atoms with Crippen molar-refractivity contribution in [3.05, 3.63) is 50.7 Å². The second-order valence-electron chi connectivity index (χ2n) is 6.27. The lowest BCUT2D eigenvalue weighted by Gasteiger charge is -2.30. The van der Waals surface area contributed by atoms with E-state index >= 15 is 0 Å². The highest BCUT2D eigenvalue weighted by atomic mass is 16.4. The van der Waals surface area contributed by atoms with Gasteiger partial charge in [0.2, 0.25) is 5.95 Å². The first-order chi connectivity index (χ1) is 12.5. The van der Waals surface area contributed by atoms with Crippen LogP contribution in [-0.2, 0) is 24.8 Å². The van der Waals surface area contributed by atoms with Crippen molar-refractivity contribution < 1.29 is 9.90 Å². The minimum atomic E-state index is -1.09. The average molecular weight is 355 g/mol. The van der Waals surface area contributed by atoms with Crippen LogP contribution in [0.25, 0.3) is 11.2 Å². The maximum absolute atomic E-state index is 12.4. The van der Waals surface area contributed by atoms with E-state index in [9.17, 15) is 19.5 Å². The molecule has 134 valence electrons. The standard InChI is InChI=1S/C17H17N5O4/c1-20-14-13(15(25)19-17(20)26)22(9-12(23)24)16(18-14)21-8-4-6-10-5-2-3-7-11(10)21/h2-3,5,7H,4,6,8-9H2,1H3,(H,23,24)(H,19,25,26). The van der Waals surface area contributed by atoms with E-state index in [1.165, 1.54) is 16.2 Å². The van der Waals surface area contributed by atoms with Crippen LogP contribution in [0.4, 0.5) is 11.6 Å². The van der Waals surface area contributed by atoms with Crippen LogP contribution in [0.2, 0.25) is 0 Å². The van der Waals surface area contributed by atoms with E-state index in [0.717, 1.165) is 24.1 Å². The van der Waals surface area contributed by atoms with E-state index in [4.69, 9.17) is 0 Å². The molecule has 1 aliphatic rings. The fourth-order valence-electron chi connectivity index (χ4n) is 3.46. The maximum Gasteiger partial charge on any atom is 0.329 e. The molecular formula is C17H17N5O4. The number of H-pyrrole nitrogens is 1. The van der Waals surface area contributed by atoms with Crippen LogP contribution in [-0.4, -0.2) is 36.7 Å². The Balaban J connectivity index is 2.03. The number of imidazole rings is 1. The summed E-state index contributed by atoms with van der Waals surface area (Å²) in [5.41, 5.74) is 1.07. The van der Waals surface area contributed by atoms with E-state index in [1.54, 1.807) is 0 Å². The molecule has 0 spiro atoms. The highest BCUT2D eigenvalue weighted by Gasteiger charge is 2.26. The van der Waals surface area contributed by atoms with Crippen LogP contribution in [0.5, 0.6) is 0 Å². The summed E-state index contributed by atoms with van der Waals surface area (Å²) in [5, 5.41) is 9.33. The quantitative estimate of drug-likeness (QED) is 0.711. The third-order valence-corrected chi connectivity index (χ3v) is 4.63. The third kappa shape index (κ3) is 2.40. The SMILES string of the molecule is Cn1c(=O)[nH]c(=O)c2c1nc(N1CCCc3ccccc31)n2CC(=O)O. The van der Waals surface area contributed by atoms with E-state index < -0.39 is 23.8 Å². The number of carbonyl (C=O) groups is 1. The first kappa shape index (κ1) is 16.1. The van der Waals surface area contributed by atoms with Crippen LogP contribution >= 0.6 is 0 Å². The summed E-state index contributed by atoms with van der Waals surface area (Å²) in [6, 6.07) is 7.83. The lowest BCUT2D eigenvalue weighted by atomic mass is 10.0. The molecule has 26 heavy (non-hydrogen) atoms. The lowest BCUT2D eigenvalue weighted by molar-refractivity contribution is -0.137. The molecular weight excluding hydrogens is 338 g/mol. The fraction of sp³-hybridized carbons (Fsp3) is 0.294. The smallest absolute Gasteiger partial charge is 0.329 e. The molecule has 3 heterocycles. The Bertz CT molecular complexity index is 1140. The van der Waals surface area contributed by atoms with Gasteiger partial charge in [-0.3, -0.25) is 23.7 Å². The molecule has 0 saturated carbocycles. The second-order valence-corrected chi connectivity index (χ2v) is 6.27.